The Morgan fingerprint density at radius 1 is 1.06 bits per heavy atom. The van der Waals surface area contributed by atoms with Crippen LogP contribution in [0.2, 0.25) is 0 Å². The van der Waals surface area contributed by atoms with Gasteiger partial charge in [-0.05, 0) is 55.0 Å². The number of rotatable bonds is 9. The highest BCUT2D eigenvalue weighted by atomic mass is 32.2. The van der Waals surface area contributed by atoms with Gasteiger partial charge in [0.1, 0.15) is 17.9 Å². The molecule has 11 nitrogen and oxygen atoms in total. The molecule has 1 N–H and O–H groups in total. The molecule has 0 spiro atoms. The van der Waals surface area contributed by atoms with Crippen molar-refractivity contribution in [1.82, 2.24) is 14.8 Å². The van der Waals surface area contributed by atoms with Crippen molar-refractivity contribution in [3.8, 4) is 0 Å². The lowest BCUT2D eigenvalue weighted by Crippen LogP contribution is -2.23. The van der Waals surface area contributed by atoms with Gasteiger partial charge in [0.15, 0.2) is 21.3 Å². The predicted molar refractivity (Wildman–Crippen MR) is 179 cm³/mol. The second-order valence-electron chi connectivity index (χ2n) is 11.3. The summed E-state index contributed by atoms with van der Waals surface area (Å²) in [6, 6.07) is 2.81. The number of nitrogens with zero attached hydrogens (tertiary/aromatic N) is 3. The highest BCUT2D eigenvalue weighted by Gasteiger charge is 2.42. The highest BCUT2D eigenvalue weighted by Crippen LogP contribution is 2.39. The van der Waals surface area contributed by atoms with E-state index in [1.807, 2.05) is 0 Å². The minimum absolute atomic E-state index is 0.00623. The Balaban J connectivity index is 0.000000270. The van der Waals surface area contributed by atoms with E-state index < -0.39 is 66.5 Å². The number of aryl methyl sites for hydroxylation is 1. The third-order valence-corrected chi connectivity index (χ3v) is 9.63. The van der Waals surface area contributed by atoms with E-state index in [0.717, 1.165) is 6.26 Å². The number of benzene rings is 1. The molecule has 0 aliphatic carbocycles. The molecule has 0 unspecified atom stereocenters. The molecule has 0 atom stereocenters. The van der Waals surface area contributed by atoms with Crippen molar-refractivity contribution in [3.05, 3.63) is 79.0 Å². The number of halogens is 5. The van der Waals surface area contributed by atoms with E-state index in [0.29, 0.717) is 53.4 Å². The van der Waals surface area contributed by atoms with Crippen LogP contribution in [0.15, 0.2) is 33.2 Å². The highest BCUT2D eigenvalue weighted by molar-refractivity contribution is 8.13. The summed E-state index contributed by atoms with van der Waals surface area (Å²) in [5.74, 6) is -0.740. The lowest BCUT2D eigenvalue weighted by atomic mass is 9.92. The third-order valence-electron chi connectivity index (χ3n) is 7.34. The molecule has 0 bridgehead atoms. The molecule has 272 valence electrons. The minimum Gasteiger partial charge on any atom is -0.395 e. The van der Waals surface area contributed by atoms with Crippen LogP contribution in [0.3, 0.4) is 0 Å². The monoisotopic (exact) mass is 764 g/mol. The Morgan fingerprint density at radius 3 is 2.10 bits per heavy atom. The zero-order valence-electron chi connectivity index (χ0n) is 27.8. The van der Waals surface area contributed by atoms with Crippen LogP contribution in [0.1, 0.15) is 91.4 Å². The Morgan fingerprint density at radius 2 is 1.66 bits per heavy atom. The molecule has 0 amide bonds. The Bertz CT molecular complexity index is 2020. The number of pyridine rings is 1. The van der Waals surface area contributed by atoms with Crippen LogP contribution in [0.5, 0.6) is 0 Å². The number of aromatic amines is 1. The summed E-state index contributed by atoms with van der Waals surface area (Å²) in [6.45, 7) is 5.30. The van der Waals surface area contributed by atoms with Gasteiger partial charge in [0, 0.05) is 37.0 Å². The van der Waals surface area contributed by atoms with Gasteiger partial charge in [0.25, 0.3) is 12.0 Å². The number of H-pyrrole nitrogens is 1. The Hall–Kier alpha value is -3.84. The first-order chi connectivity index (χ1) is 23.2. The fourth-order valence-electron chi connectivity index (χ4n) is 5.13. The zero-order valence-corrected chi connectivity index (χ0v) is 30.3. The van der Waals surface area contributed by atoms with Gasteiger partial charge in [-0.2, -0.15) is 13.2 Å². The quantitative estimate of drug-likeness (QED) is 0.202. The fraction of sp³-hybridized carbons (Fsp3) is 0.419. The zero-order chi connectivity index (χ0) is 37.9. The van der Waals surface area contributed by atoms with Crippen molar-refractivity contribution in [2.24, 2.45) is 18.1 Å². The molecule has 4 rings (SSSR count). The van der Waals surface area contributed by atoms with Crippen LogP contribution in [0, 0.1) is 12.8 Å². The first-order valence-electron chi connectivity index (χ1n) is 14.6. The van der Waals surface area contributed by atoms with Crippen molar-refractivity contribution in [2.45, 2.75) is 51.1 Å². The number of nitrogens with one attached hydrogen (secondary N) is 1. The average Bonchev–Trinajstić information content (AvgIpc) is 3.68. The number of carbonyl (C=O) groups excluding carboxylic acids is 3. The van der Waals surface area contributed by atoms with E-state index in [2.05, 4.69) is 15.2 Å². The van der Waals surface area contributed by atoms with Crippen LogP contribution >= 0.6 is 23.5 Å². The molecule has 2 aromatic heterocycles. The van der Waals surface area contributed by atoms with Crippen molar-refractivity contribution < 1.29 is 49.6 Å². The van der Waals surface area contributed by atoms with Crippen LogP contribution < -0.4 is 5.56 Å². The number of oxime groups is 1. The molecule has 0 fully saturated rings. The SMILES string of the molecule is CSC(=O)c1c(C(F)F)nc(C(F)(F)F)c(C(=O)SC)c1CC(C)C.Cc1c(C(=O)c2c[nH]n(C)c2=O)ccc(S(C)(=O)=O)c1C1=NOCC1. The number of carbonyl (C=O) groups is 3. The van der Waals surface area contributed by atoms with Gasteiger partial charge in [-0.15, -0.1) is 0 Å². The summed E-state index contributed by atoms with van der Waals surface area (Å²) in [4.78, 5) is 57.2. The van der Waals surface area contributed by atoms with Gasteiger partial charge in [-0.25, -0.2) is 22.2 Å². The van der Waals surface area contributed by atoms with Gasteiger partial charge < -0.3 is 9.94 Å². The number of aromatic nitrogens is 3. The molecule has 1 aliphatic heterocycles. The molecular formula is C31H33F5N4O7S3. The van der Waals surface area contributed by atoms with Crippen LogP contribution in [0.4, 0.5) is 22.0 Å². The summed E-state index contributed by atoms with van der Waals surface area (Å²) in [7, 11) is -2.02. The van der Waals surface area contributed by atoms with Gasteiger partial charge in [0.2, 0.25) is 10.2 Å². The number of ketones is 1. The summed E-state index contributed by atoms with van der Waals surface area (Å²) in [5, 5.41) is 4.75. The largest absolute Gasteiger partial charge is 0.434 e. The van der Waals surface area contributed by atoms with Crippen LogP contribution in [-0.2, 0) is 34.3 Å². The first kappa shape index (κ1) is 40.6. The summed E-state index contributed by atoms with van der Waals surface area (Å²) < 4.78 is 92.2. The van der Waals surface area contributed by atoms with Crippen LogP contribution in [-0.4, -0.2) is 70.3 Å². The molecule has 50 heavy (non-hydrogen) atoms. The van der Waals surface area contributed by atoms with Crippen molar-refractivity contribution >= 4 is 55.1 Å². The number of alkyl halides is 5. The molecule has 0 saturated heterocycles. The van der Waals surface area contributed by atoms with Crippen molar-refractivity contribution in [1.29, 1.82) is 0 Å². The molecular weight excluding hydrogens is 732 g/mol. The van der Waals surface area contributed by atoms with Gasteiger partial charge in [0.05, 0.1) is 21.7 Å². The molecule has 3 aromatic rings. The standard InChI is InChI=1S/C16H17N3O5S.C15H16F5NO2S2/c1-9-10(15(20)11-8-17-19(2)16(11)21)4-5-13(25(3,22)23)14(9)12-6-7-24-18-12;1-6(2)5-7-8(13(22)24-3)10(12(16)17)21-11(15(18,19)20)9(7)14(23)25-4/h4-5,8,17H,6-7H2,1-3H3;6,12H,5H2,1-4H3. The fourth-order valence-corrected chi connectivity index (χ4v) is 6.95. The lowest BCUT2D eigenvalue weighted by Gasteiger charge is -2.21. The smallest absolute Gasteiger partial charge is 0.395 e. The average molecular weight is 765 g/mol. The maximum atomic E-state index is 13.4. The molecule has 3 heterocycles. The van der Waals surface area contributed by atoms with Gasteiger partial charge in [-0.3, -0.25) is 23.9 Å². The van der Waals surface area contributed by atoms with Gasteiger partial charge in [-0.1, -0.05) is 42.5 Å². The summed E-state index contributed by atoms with van der Waals surface area (Å²) in [5.41, 5.74) is -3.51. The molecule has 0 radical (unpaired) electrons. The van der Waals surface area contributed by atoms with Crippen molar-refractivity contribution in [3.63, 3.8) is 0 Å². The normalized spacial score (nSPS) is 13.2. The van der Waals surface area contributed by atoms with E-state index in [1.54, 1.807) is 20.8 Å². The Kier molecular flexibility index (Phi) is 13.0. The molecule has 0 saturated carbocycles. The second kappa shape index (κ2) is 16.0. The number of sulfone groups is 1. The van der Waals surface area contributed by atoms with Gasteiger partial charge >= 0.3 is 6.18 Å². The minimum atomic E-state index is -5.10. The predicted octanol–water partition coefficient (Wildman–Crippen LogP) is 6.02. The molecule has 1 aromatic carbocycles. The summed E-state index contributed by atoms with van der Waals surface area (Å²) >= 11 is 1.09. The molecule has 19 heteroatoms. The number of hydrogen-bond acceptors (Lipinski definition) is 11. The topological polar surface area (TPSA) is 158 Å². The molecule has 1 aliphatic rings. The lowest BCUT2D eigenvalue weighted by molar-refractivity contribution is -0.141. The number of hydrogen-bond donors (Lipinski definition) is 1. The van der Waals surface area contributed by atoms with E-state index >= 15 is 0 Å². The van der Waals surface area contributed by atoms with E-state index in [9.17, 15) is 49.5 Å². The number of thioether (sulfide) groups is 2. The Labute approximate surface area is 292 Å². The maximum Gasteiger partial charge on any atom is 0.434 e. The van der Waals surface area contributed by atoms with E-state index in [1.165, 1.54) is 42.6 Å². The second-order valence-corrected chi connectivity index (χ2v) is 14.9. The maximum absolute atomic E-state index is 13.4. The third kappa shape index (κ3) is 8.71. The van der Waals surface area contributed by atoms with E-state index in [4.69, 9.17) is 4.84 Å². The van der Waals surface area contributed by atoms with Crippen LogP contribution in [0.25, 0.3) is 0 Å². The summed E-state index contributed by atoms with van der Waals surface area (Å²) in [6.07, 6.45) is -3.12. The first-order valence-corrected chi connectivity index (χ1v) is 18.9. The van der Waals surface area contributed by atoms with E-state index in [-0.39, 0.29) is 33.9 Å². The van der Waals surface area contributed by atoms with Crippen molar-refractivity contribution in [2.75, 3.05) is 25.4 Å².